The Morgan fingerprint density at radius 1 is 0.576 bits per heavy atom. The zero-order valence-electron chi connectivity index (χ0n) is 17.7. The first kappa shape index (κ1) is 17.1. The fourth-order valence-corrected chi connectivity index (χ4v) is 5.60. The number of hydrogen-bond donors (Lipinski definition) is 1. The van der Waals surface area contributed by atoms with Gasteiger partial charge in [-0.25, -0.2) is 0 Å². The summed E-state index contributed by atoms with van der Waals surface area (Å²) in [7, 11) is 0. The Hall–Kier alpha value is -4.50. The van der Waals surface area contributed by atoms with Crippen molar-refractivity contribution < 1.29 is 4.42 Å². The van der Waals surface area contributed by atoms with Gasteiger partial charge in [0.1, 0.15) is 5.58 Å². The highest BCUT2D eigenvalue weighted by molar-refractivity contribution is 6.39. The largest absolute Gasteiger partial charge is 0.454 e. The van der Waals surface area contributed by atoms with Crippen molar-refractivity contribution in [2.75, 3.05) is 0 Å². The summed E-state index contributed by atoms with van der Waals surface area (Å²) in [5, 5.41) is 7.24. The van der Waals surface area contributed by atoms with Gasteiger partial charge in [-0.1, -0.05) is 72.8 Å². The van der Waals surface area contributed by atoms with Crippen molar-refractivity contribution in [3.8, 4) is 5.69 Å². The van der Waals surface area contributed by atoms with Gasteiger partial charge in [-0.2, -0.15) is 0 Å². The Bertz CT molecular complexity index is 2020. The second-order valence-electron chi connectivity index (χ2n) is 8.63. The highest BCUT2D eigenvalue weighted by atomic mass is 16.3. The molecule has 0 fully saturated rings. The van der Waals surface area contributed by atoms with Crippen molar-refractivity contribution in [3.05, 3.63) is 103 Å². The van der Waals surface area contributed by atoms with Crippen molar-refractivity contribution in [1.82, 2.24) is 9.55 Å². The van der Waals surface area contributed by atoms with Crippen molar-refractivity contribution in [2.45, 2.75) is 0 Å². The van der Waals surface area contributed by atoms with Crippen LogP contribution in [0.5, 0.6) is 0 Å². The predicted octanol–water partition coefficient (Wildman–Crippen LogP) is 8.32. The Balaban J connectivity index is 1.81. The van der Waals surface area contributed by atoms with E-state index in [1.54, 1.807) is 0 Å². The monoisotopic (exact) mass is 422 g/mol. The van der Waals surface area contributed by atoms with Gasteiger partial charge in [0.15, 0.2) is 5.58 Å². The van der Waals surface area contributed by atoms with E-state index in [-0.39, 0.29) is 0 Å². The number of aromatic amines is 1. The number of nitrogens with zero attached hydrogens (tertiary/aromatic N) is 1. The molecule has 0 saturated heterocycles. The lowest BCUT2D eigenvalue weighted by Crippen LogP contribution is -1.93. The van der Waals surface area contributed by atoms with Gasteiger partial charge in [0.25, 0.3) is 0 Å². The number of rotatable bonds is 1. The van der Waals surface area contributed by atoms with Crippen LogP contribution in [0.4, 0.5) is 0 Å². The van der Waals surface area contributed by atoms with E-state index in [2.05, 4.69) is 107 Å². The molecule has 3 aromatic heterocycles. The summed E-state index contributed by atoms with van der Waals surface area (Å²) in [6.07, 6.45) is 0. The van der Waals surface area contributed by atoms with E-state index in [9.17, 15) is 0 Å². The van der Waals surface area contributed by atoms with Crippen LogP contribution in [0.3, 0.4) is 0 Å². The molecule has 5 aromatic carbocycles. The van der Waals surface area contributed by atoms with Crippen LogP contribution < -0.4 is 0 Å². The fourth-order valence-electron chi connectivity index (χ4n) is 5.60. The number of nitrogens with one attached hydrogen (secondary N) is 1. The van der Waals surface area contributed by atoms with Gasteiger partial charge in [0, 0.05) is 38.1 Å². The predicted molar refractivity (Wildman–Crippen MR) is 137 cm³/mol. The second kappa shape index (κ2) is 6.05. The van der Waals surface area contributed by atoms with Crippen LogP contribution in [0.15, 0.2) is 108 Å². The van der Waals surface area contributed by atoms with Crippen molar-refractivity contribution in [2.24, 2.45) is 0 Å². The number of H-pyrrole nitrogens is 1. The Labute approximate surface area is 188 Å². The molecule has 3 heterocycles. The zero-order valence-corrected chi connectivity index (χ0v) is 17.7. The summed E-state index contributed by atoms with van der Waals surface area (Å²) in [6, 6.07) is 36.3. The first-order valence-electron chi connectivity index (χ1n) is 11.2. The molecule has 3 heteroatoms. The van der Waals surface area contributed by atoms with Gasteiger partial charge >= 0.3 is 0 Å². The third-order valence-electron chi connectivity index (χ3n) is 6.90. The minimum Gasteiger partial charge on any atom is -0.454 e. The van der Waals surface area contributed by atoms with Crippen LogP contribution in [0, 0.1) is 0 Å². The van der Waals surface area contributed by atoms with Crippen LogP contribution >= 0.6 is 0 Å². The first-order chi connectivity index (χ1) is 16.4. The molecular weight excluding hydrogens is 404 g/mol. The van der Waals surface area contributed by atoms with Crippen molar-refractivity contribution >= 4 is 65.6 Å². The molecule has 0 saturated carbocycles. The van der Waals surface area contributed by atoms with Gasteiger partial charge in [0.2, 0.25) is 0 Å². The van der Waals surface area contributed by atoms with E-state index >= 15 is 0 Å². The first-order valence-corrected chi connectivity index (χ1v) is 11.2. The second-order valence-corrected chi connectivity index (χ2v) is 8.63. The number of para-hydroxylation sites is 4. The number of hydrogen-bond acceptors (Lipinski definition) is 1. The van der Waals surface area contributed by atoms with Crippen molar-refractivity contribution in [1.29, 1.82) is 0 Å². The lowest BCUT2D eigenvalue weighted by atomic mass is 10.0. The molecule has 1 N–H and O–H groups in total. The minimum absolute atomic E-state index is 0.907. The fraction of sp³-hybridized carbons (Fsp3) is 0. The summed E-state index contributed by atoms with van der Waals surface area (Å²) < 4.78 is 8.94. The average molecular weight is 422 g/mol. The number of benzene rings is 5. The standard InChI is InChI=1S/C30H18N2O/c1-2-10-18(11-3-1)32-23-16-8-5-13-20(23)26-25-19-12-4-7-15-22(19)31-28(25)30-27(29(26)32)21-14-6-9-17-24(21)33-30/h1-17,31H. The van der Waals surface area contributed by atoms with Crippen LogP contribution in [-0.4, -0.2) is 9.55 Å². The summed E-state index contributed by atoms with van der Waals surface area (Å²) >= 11 is 0. The normalized spacial score (nSPS) is 12.2. The van der Waals surface area contributed by atoms with E-state index in [1.165, 1.54) is 32.6 Å². The van der Waals surface area contributed by atoms with Gasteiger partial charge in [-0.3, -0.25) is 0 Å². The molecule has 0 spiro atoms. The average Bonchev–Trinajstić information content (AvgIpc) is 3.54. The highest BCUT2D eigenvalue weighted by Crippen LogP contribution is 2.47. The summed E-state index contributed by atoms with van der Waals surface area (Å²) in [4.78, 5) is 3.68. The molecule has 0 aliphatic carbocycles. The summed E-state index contributed by atoms with van der Waals surface area (Å²) in [5.41, 5.74) is 7.54. The molecule has 0 atom stereocenters. The Morgan fingerprint density at radius 2 is 1.27 bits per heavy atom. The van der Waals surface area contributed by atoms with Crippen LogP contribution in [0.25, 0.3) is 71.2 Å². The van der Waals surface area contributed by atoms with Gasteiger partial charge in [0.05, 0.1) is 21.9 Å². The maximum Gasteiger partial charge on any atom is 0.161 e. The number of fused-ring (bicyclic) bond motifs is 12. The molecule has 154 valence electrons. The van der Waals surface area contributed by atoms with E-state index in [0.717, 1.165) is 38.7 Å². The third kappa shape index (κ3) is 2.09. The molecule has 0 radical (unpaired) electrons. The van der Waals surface area contributed by atoms with E-state index < -0.39 is 0 Å². The lowest BCUT2D eigenvalue weighted by molar-refractivity contribution is 0.672. The van der Waals surface area contributed by atoms with Crippen LogP contribution in [0.2, 0.25) is 0 Å². The number of aromatic nitrogens is 2. The van der Waals surface area contributed by atoms with Crippen molar-refractivity contribution in [3.63, 3.8) is 0 Å². The van der Waals surface area contributed by atoms with E-state index in [4.69, 9.17) is 4.42 Å². The zero-order chi connectivity index (χ0) is 21.5. The Kier molecular flexibility index (Phi) is 3.14. The SMILES string of the molecule is c1ccc(-n2c3ccccc3c3c4c5ccccc5[nH]c4c4oc5ccccc5c4c32)cc1. The Morgan fingerprint density at radius 3 is 2.15 bits per heavy atom. The van der Waals surface area contributed by atoms with E-state index in [0.29, 0.717) is 0 Å². The topological polar surface area (TPSA) is 33.9 Å². The minimum atomic E-state index is 0.907. The third-order valence-corrected chi connectivity index (χ3v) is 6.90. The molecule has 8 rings (SSSR count). The molecular formula is C30H18N2O. The molecule has 0 aliphatic heterocycles. The maximum atomic E-state index is 6.55. The molecule has 33 heavy (non-hydrogen) atoms. The highest BCUT2D eigenvalue weighted by Gasteiger charge is 2.24. The van der Waals surface area contributed by atoms with Crippen LogP contribution in [-0.2, 0) is 0 Å². The summed E-state index contributed by atoms with van der Waals surface area (Å²) in [5.74, 6) is 0. The molecule has 0 aliphatic rings. The number of furan rings is 1. The van der Waals surface area contributed by atoms with Crippen LogP contribution in [0.1, 0.15) is 0 Å². The molecule has 3 nitrogen and oxygen atoms in total. The lowest BCUT2D eigenvalue weighted by Gasteiger charge is -2.09. The maximum absolute atomic E-state index is 6.55. The van der Waals surface area contributed by atoms with Gasteiger partial charge in [-0.15, -0.1) is 0 Å². The molecule has 0 unspecified atom stereocenters. The quantitative estimate of drug-likeness (QED) is 0.283. The van der Waals surface area contributed by atoms with E-state index in [1.807, 2.05) is 6.07 Å². The smallest absolute Gasteiger partial charge is 0.161 e. The summed E-state index contributed by atoms with van der Waals surface area (Å²) in [6.45, 7) is 0. The van der Waals surface area contributed by atoms with Gasteiger partial charge in [-0.05, 0) is 30.3 Å². The van der Waals surface area contributed by atoms with Gasteiger partial charge < -0.3 is 14.0 Å². The molecule has 0 amide bonds. The molecule has 0 bridgehead atoms. The molecule has 8 aromatic rings.